The van der Waals surface area contributed by atoms with Gasteiger partial charge in [0, 0.05) is 19.1 Å². The van der Waals surface area contributed by atoms with Gasteiger partial charge in [-0.1, -0.05) is 12.8 Å². The Balaban J connectivity index is 2.02. The number of likely N-dealkylation sites (tertiary alicyclic amines) is 1. The highest BCUT2D eigenvalue weighted by Gasteiger charge is 2.18. The van der Waals surface area contributed by atoms with E-state index in [1.54, 1.807) is 12.4 Å². The van der Waals surface area contributed by atoms with Crippen molar-refractivity contribution in [2.24, 2.45) is 0 Å². The van der Waals surface area contributed by atoms with Gasteiger partial charge in [0.2, 0.25) is 0 Å². The van der Waals surface area contributed by atoms with Gasteiger partial charge in [0.15, 0.2) is 0 Å². The topological polar surface area (TPSA) is 58.1 Å². The number of aromatic nitrogens is 2. The molecule has 0 aromatic carbocycles. The zero-order chi connectivity index (χ0) is 13.7. The molecular formula is C14H22N4O. The highest BCUT2D eigenvalue weighted by atomic mass is 16.2. The third-order valence-electron chi connectivity index (χ3n) is 3.20. The summed E-state index contributed by atoms with van der Waals surface area (Å²) in [6.07, 6.45) is 7.81. The minimum atomic E-state index is 0.00509. The van der Waals surface area contributed by atoms with Crippen molar-refractivity contribution in [3.05, 3.63) is 18.1 Å². The molecule has 1 aliphatic heterocycles. The van der Waals surface area contributed by atoms with Gasteiger partial charge in [-0.2, -0.15) is 0 Å². The Morgan fingerprint density at radius 2 is 1.84 bits per heavy atom. The van der Waals surface area contributed by atoms with Crippen molar-refractivity contribution in [2.45, 2.75) is 45.6 Å². The first-order valence-electron chi connectivity index (χ1n) is 7.04. The standard InChI is InChI=1S/C14H22N4O/c1-11(2)17-13-10-15-12(9-16-13)14(19)18-7-5-3-4-6-8-18/h9-11H,3-8H2,1-2H3,(H,16,17). The maximum absolute atomic E-state index is 12.3. The molecule has 0 aliphatic carbocycles. The monoisotopic (exact) mass is 262 g/mol. The summed E-state index contributed by atoms with van der Waals surface area (Å²) in [5, 5.41) is 3.16. The quantitative estimate of drug-likeness (QED) is 0.908. The van der Waals surface area contributed by atoms with E-state index in [4.69, 9.17) is 0 Å². The van der Waals surface area contributed by atoms with E-state index in [-0.39, 0.29) is 5.91 Å². The van der Waals surface area contributed by atoms with Gasteiger partial charge in [-0.15, -0.1) is 0 Å². The second-order valence-corrected chi connectivity index (χ2v) is 5.29. The molecule has 5 heteroatoms. The molecule has 0 saturated carbocycles. The van der Waals surface area contributed by atoms with E-state index in [2.05, 4.69) is 15.3 Å². The molecule has 0 atom stereocenters. The lowest BCUT2D eigenvalue weighted by atomic mass is 10.2. The van der Waals surface area contributed by atoms with Crippen molar-refractivity contribution in [1.29, 1.82) is 0 Å². The zero-order valence-electron chi connectivity index (χ0n) is 11.7. The minimum Gasteiger partial charge on any atom is -0.367 e. The molecule has 1 amide bonds. The Hall–Kier alpha value is -1.65. The van der Waals surface area contributed by atoms with Crippen LogP contribution in [0.4, 0.5) is 5.82 Å². The van der Waals surface area contributed by atoms with Crippen molar-refractivity contribution < 1.29 is 4.79 Å². The summed E-state index contributed by atoms with van der Waals surface area (Å²) >= 11 is 0. The molecular weight excluding hydrogens is 240 g/mol. The van der Waals surface area contributed by atoms with E-state index in [0.717, 1.165) is 25.9 Å². The number of carbonyl (C=O) groups excluding carboxylic acids is 1. The van der Waals surface area contributed by atoms with E-state index < -0.39 is 0 Å². The minimum absolute atomic E-state index is 0.00509. The van der Waals surface area contributed by atoms with Gasteiger partial charge in [-0.25, -0.2) is 9.97 Å². The molecule has 5 nitrogen and oxygen atoms in total. The molecule has 2 heterocycles. The maximum atomic E-state index is 12.3. The van der Waals surface area contributed by atoms with Crippen LogP contribution in [-0.2, 0) is 0 Å². The highest BCUT2D eigenvalue weighted by molar-refractivity contribution is 5.92. The van der Waals surface area contributed by atoms with Crippen LogP contribution in [0, 0.1) is 0 Å². The SMILES string of the molecule is CC(C)Nc1cnc(C(=O)N2CCCCCC2)cn1. The van der Waals surface area contributed by atoms with E-state index >= 15 is 0 Å². The smallest absolute Gasteiger partial charge is 0.274 e. The summed E-state index contributed by atoms with van der Waals surface area (Å²) in [5.41, 5.74) is 0.441. The number of amides is 1. The molecule has 0 bridgehead atoms. The van der Waals surface area contributed by atoms with Crippen molar-refractivity contribution in [2.75, 3.05) is 18.4 Å². The van der Waals surface area contributed by atoms with E-state index in [0.29, 0.717) is 17.6 Å². The second-order valence-electron chi connectivity index (χ2n) is 5.29. The summed E-state index contributed by atoms with van der Waals surface area (Å²) in [7, 11) is 0. The molecule has 0 radical (unpaired) electrons. The summed E-state index contributed by atoms with van der Waals surface area (Å²) in [6, 6.07) is 0.307. The molecule has 19 heavy (non-hydrogen) atoms. The summed E-state index contributed by atoms with van der Waals surface area (Å²) in [4.78, 5) is 22.6. The van der Waals surface area contributed by atoms with Crippen LogP contribution in [-0.4, -0.2) is 39.9 Å². The molecule has 2 rings (SSSR count). The number of nitrogens with zero attached hydrogens (tertiary/aromatic N) is 3. The van der Waals surface area contributed by atoms with Crippen molar-refractivity contribution in [3.8, 4) is 0 Å². The molecule has 1 aromatic rings. The van der Waals surface area contributed by atoms with Crippen LogP contribution in [0.15, 0.2) is 12.4 Å². The number of rotatable bonds is 3. The third-order valence-corrected chi connectivity index (χ3v) is 3.20. The van der Waals surface area contributed by atoms with Gasteiger partial charge >= 0.3 is 0 Å². The predicted molar refractivity (Wildman–Crippen MR) is 75.2 cm³/mol. The Labute approximate surface area is 114 Å². The fourth-order valence-electron chi connectivity index (χ4n) is 2.24. The Morgan fingerprint density at radius 3 is 2.37 bits per heavy atom. The first-order valence-corrected chi connectivity index (χ1v) is 7.04. The second kappa shape index (κ2) is 6.50. The lowest BCUT2D eigenvalue weighted by molar-refractivity contribution is 0.0755. The van der Waals surface area contributed by atoms with Crippen LogP contribution in [0.1, 0.15) is 50.0 Å². The molecule has 1 aromatic heterocycles. The van der Waals surface area contributed by atoms with Gasteiger partial charge in [0.05, 0.1) is 12.4 Å². The molecule has 104 valence electrons. The Bertz CT molecular complexity index is 408. The van der Waals surface area contributed by atoms with Crippen molar-refractivity contribution in [3.63, 3.8) is 0 Å². The van der Waals surface area contributed by atoms with Gasteiger partial charge in [-0.3, -0.25) is 4.79 Å². The molecule has 1 aliphatic rings. The lowest BCUT2D eigenvalue weighted by Gasteiger charge is -2.19. The van der Waals surface area contributed by atoms with Gasteiger partial charge < -0.3 is 10.2 Å². The van der Waals surface area contributed by atoms with Crippen molar-refractivity contribution >= 4 is 11.7 Å². The van der Waals surface area contributed by atoms with E-state index in [1.807, 2.05) is 18.7 Å². The van der Waals surface area contributed by atoms with Gasteiger partial charge in [-0.05, 0) is 26.7 Å². The largest absolute Gasteiger partial charge is 0.367 e. The van der Waals surface area contributed by atoms with Gasteiger partial charge in [0.25, 0.3) is 5.91 Å². The summed E-state index contributed by atoms with van der Waals surface area (Å²) < 4.78 is 0. The Morgan fingerprint density at radius 1 is 1.16 bits per heavy atom. The molecule has 0 spiro atoms. The number of hydrogen-bond donors (Lipinski definition) is 1. The zero-order valence-corrected chi connectivity index (χ0v) is 11.7. The number of carbonyl (C=O) groups is 1. The van der Waals surface area contributed by atoms with Crippen LogP contribution in [0.25, 0.3) is 0 Å². The van der Waals surface area contributed by atoms with Crippen LogP contribution in [0.3, 0.4) is 0 Å². The average molecular weight is 262 g/mol. The lowest BCUT2D eigenvalue weighted by Crippen LogP contribution is -2.32. The Kier molecular flexibility index (Phi) is 4.71. The summed E-state index contributed by atoms with van der Waals surface area (Å²) in [5.74, 6) is 0.716. The number of nitrogens with one attached hydrogen (secondary N) is 1. The van der Waals surface area contributed by atoms with Crippen LogP contribution >= 0.6 is 0 Å². The average Bonchev–Trinajstić information content (AvgIpc) is 2.67. The first-order chi connectivity index (χ1) is 9.16. The van der Waals surface area contributed by atoms with Crippen LogP contribution < -0.4 is 5.32 Å². The fourth-order valence-corrected chi connectivity index (χ4v) is 2.24. The number of hydrogen-bond acceptors (Lipinski definition) is 4. The van der Waals surface area contributed by atoms with Crippen molar-refractivity contribution in [1.82, 2.24) is 14.9 Å². The van der Waals surface area contributed by atoms with E-state index in [9.17, 15) is 4.79 Å². The molecule has 1 N–H and O–H groups in total. The van der Waals surface area contributed by atoms with E-state index in [1.165, 1.54) is 12.8 Å². The normalized spacial score (nSPS) is 16.3. The fraction of sp³-hybridized carbons (Fsp3) is 0.643. The molecule has 1 saturated heterocycles. The highest BCUT2D eigenvalue weighted by Crippen LogP contribution is 2.12. The third kappa shape index (κ3) is 3.91. The summed E-state index contributed by atoms with van der Waals surface area (Å²) in [6.45, 7) is 5.76. The van der Waals surface area contributed by atoms with Crippen LogP contribution in [0.5, 0.6) is 0 Å². The maximum Gasteiger partial charge on any atom is 0.274 e. The van der Waals surface area contributed by atoms with Gasteiger partial charge in [0.1, 0.15) is 11.5 Å². The molecule has 1 fully saturated rings. The first kappa shape index (κ1) is 13.8. The van der Waals surface area contributed by atoms with Crippen LogP contribution in [0.2, 0.25) is 0 Å². The predicted octanol–water partition coefficient (Wildman–Crippen LogP) is 2.31. The molecule has 0 unspecified atom stereocenters. The number of anilines is 1.